The number of allylic oxidation sites excluding steroid dienone is 6. The highest BCUT2D eigenvalue weighted by atomic mass is 19.4. The predicted octanol–water partition coefficient (Wildman–Crippen LogP) is 5.49. The molecule has 1 aromatic carbocycles. The van der Waals surface area contributed by atoms with Crippen LogP contribution in [0.25, 0.3) is 5.57 Å². The molecule has 0 aromatic heterocycles. The number of carbonyl (C=O) groups excluding carboxylic acids is 3. The van der Waals surface area contributed by atoms with Crippen molar-refractivity contribution >= 4 is 28.6 Å². The van der Waals surface area contributed by atoms with Crippen LogP contribution in [-0.2, 0) is 14.4 Å². The lowest BCUT2D eigenvalue weighted by Crippen LogP contribution is -2.40. The van der Waals surface area contributed by atoms with Crippen molar-refractivity contribution in [2.75, 3.05) is 31.1 Å². The zero-order valence-corrected chi connectivity index (χ0v) is 21.3. The van der Waals surface area contributed by atoms with E-state index in [1.54, 1.807) is 0 Å². The van der Waals surface area contributed by atoms with Gasteiger partial charge in [-0.25, -0.2) is 0 Å². The number of benzene rings is 1. The minimum Gasteiger partial charge on any atom is -0.507 e. The topological polar surface area (TPSA) is 98.2 Å². The van der Waals surface area contributed by atoms with E-state index in [0.717, 1.165) is 0 Å². The van der Waals surface area contributed by atoms with Crippen molar-refractivity contribution in [1.82, 2.24) is 4.90 Å². The molecule has 2 aliphatic carbocycles. The number of Topliss-reactive ketones (excluding diaryl/α,β-unsaturated/α-hetero) is 2. The minimum absolute atomic E-state index is 0.205. The monoisotopic (exact) mass is 652 g/mol. The van der Waals surface area contributed by atoms with E-state index in [1.165, 1.54) is 0 Å². The number of hydrogen-bond acceptors (Lipinski definition) is 7. The van der Waals surface area contributed by atoms with Gasteiger partial charge in [0.15, 0.2) is 5.78 Å². The first-order valence-electron chi connectivity index (χ1n) is 11.7. The minimum atomic E-state index is -5.14. The second kappa shape index (κ2) is 11.6. The van der Waals surface area contributed by atoms with Crippen molar-refractivity contribution in [3.8, 4) is 5.75 Å². The van der Waals surface area contributed by atoms with Crippen LogP contribution >= 0.6 is 0 Å². The third kappa shape index (κ3) is 8.34. The Morgan fingerprint density at radius 2 is 1.07 bits per heavy atom. The van der Waals surface area contributed by atoms with E-state index < -0.39 is 113 Å². The van der Waals surface area contributed by atoms with Crippen LogP contribution < -0.4 is 4.90 Å². The standard InChI is InChI=1S/C25H16F12N2O5/c26-22(27,28)7-38(8-23(29,30)31)11-1-3-13(15(40)5-11)17-19(42)18(21(44)20(17)43)14-4-2-12(6-16(14)41)39(9-24(32,33)34)10-25(35,36)37/h1-6,40,42H,7-10H2/b18-14-. The highest BCUT2D eigenvalue weighted by Gasteiger charge is 2.43. The number of halogens is 12. The number of anilines is 1. The molecule has 2 aliphatic rings. The molecular formula is C25H16F12N2O5. The predicted molar refractivity (Wildman–Crippen MR) is 125 cm³/mol. The number of alkyl halides is 12. The molecule has 1 aromatic rings. The van der Waals surface area contributed by atoms with E-state index in [-0.39, 0.29) is 15.9 Å². The molecule has 0 radical (unpaired) electrons. The summed E-state index contributed by atoms with van der Waals surface area (Å²) in [5.74, 6) is -7.12. The first-order chi connectivity index (χ1) is 19.9. The van der Waals surface area contributed by atoms with Crippen molar-refractivity contribution < 1.29 is 77.3 Å². The molecule has 0 saturated heterocycles. The second-order valence-corrected chi connectivity index (χ2v) is 9.31. The first-order valence-corrected chi connectivity index (χ1v) is 11.7. The van der Waals surface area contributed by atoms with Crippen molar-refractivity contribution in [3.05, 3.63) is 64.6 Å². The number of hydrogen-bond donors (Lipinski definition) is 2. The summed E-state index contributed by atoms with van der Waals surface area (Å²) in [6.45, 7) is -8.49. The summed E-state index contributed by atoms with van der Waals surface area (Å²) in [5.41, 5.74) is -5.43. The van der Waals surface area contributed by atoms with Crippen LogP contribution in [0.4, 0.5) is 58.4 Å². The molecule has 0 unspecified atom stereocenters. The van der Waals surface area contributed by atoms with E-state index in [4.69, 9.17) is 0 Å². The number of phenols is 1. The number of rotatable bonds is 7. The maximum Gasteiger partial charge on any atom is 0.405 e. The van der Waals surface area contributed by atoms with E-state index >= 15 is 0 Å². The van der Waals surface area contributed by atoms with Crippen LogP contribution in [0.1, 0.15) is 5.56 Å². The molecule has 19 heteroatoms. The highest BCUT2D eigenvalue weighted by molar-refractivity contribution is 6.63. The summed E-state index contributed by atoms with van der Waals surface area (Å²) in [6, 6.07) is 1.59. The summed E-state index contributed by atoms with van der Waals surface area (Å²) in [7, 11) is 0. The third-order valence-electron chi connectivity index (χ3n) is 5.83. The lowest BCUT2D eigenvalue weighted by atomic mass is 9.96. The molecule has 44 heavy (non-hydrogen) atoms. The Hall–Kier alpha value is -4.45. The second-order valence-electron chi connectivity index (χ2n) is 9.31. The molecule has 0 fully saturated rings. The molecule has 0 saturated carbocycles. The maximum atomic E-state index is 12.9. The van der Waals surface area contributed by atoms with Crippen LogP contribution in [-0.4, -0.2) is 83.3 Å². The Bertz CT molecular complexity index is 1460. The molecule has 7 nitrogen and oxygen atoms in total. The van der Waals surface area contributed by atoms with Gasteiger partial charge < -0.3 is 20.0 Å². The molecule has 0 bridgehead atoms. The summed E-state index contributed by atoms with van der Waals surface area (Å²) in [4.78, 5) is 37.6. The van der Waals surface area contributed by atoms with Crippen LogP contribution in [0, 0.1) is 0 Å². The van der Waals surface area contributed by atoms with Crippen molar-refractivity contribution in [1.29, 1.82) is 0 Å². The summed E-state index contributed by atoms with van der Waals surface area (Å²) < 4.78 is 154. The largest absolute Gasteiger partial charge is 0.507 e. The van der Waals surface area contributed by atoms with Crippen LogP contribution in [0.5, 0.6) is 5.75 Å². The first kappa shape index (κ1) is 34.0. The van der Waals surface area contributed by atoms with Gasteiger partial charge in [-0.3, -0.25) is 14.4 Å². The third-order valence-corrected chi connectivity index (χ3v) is 5.83. The average Bonchev–Trinajstić information content (AvgIpc) is 3.02. The van der Waals surface area contributed by atoms with Gasteiger partial charge in [0.25, 0.3) is 0 Å². The molecule has 3 rings (SSSR count). The smallest absolute Gasteiger partial charge is 0.405 e. The van der Waals surface area contributed by atoms with E-state index in [9.17, 15) is 77.3 Å². The molecule has 0 heterocycles. The molecule has 0 amide bonds. The van der Waals surface area contributed by atoms with Gasteiger partial charge >= 0.3 is 24.7 Å². The number of ketones is 3. The van der Waals surface area contributed by atoms with Gasteiger partial charge in [-0.2, -0.15) is 52.7 Å². The highest BCUT2D eigenvalue weighted by Crippen LogP contribution is 2.40. The summed E-state index contributed by atoms with van der Waals surface area (Å²) in [5, 5.41) is 21.0. The van der Waals surface area contributed by atoms with E-state index in [2.05, 4.69) is 0 Å². The molecular weight excluding hydrogens is 636 g/mol. The number of aromatic hydroxyl groups is 1. The number of phenolic OH excluding ortho intramolecular Hbond substituents is 1. The molecule has 0 atom stereocenters. The lowest BCUT2D eigenvalue weighted by Gasteiger charge is -2.28. The maximum absolute atomic E-state index is 12.9. The molecule has 0 aliphatic heterocycles. The Balaban J connectivity index is 2.04. The van der Waals surface area contributed by atoms with Crippen LogP contribution in [0.2, 0.25) is 0 Å². The van der Waals surface area contributed by atoms with Gasteiger partial charge in [0.2, 0.25) is 11.6 Å². The molecule has 0 spiro atoms. The van der Waals surface area contributed by atoms with E-state index in [0.29, 0.717) is 30.4 Å². The average molecular weight is 652 g/mol. The number of aliphatic hydroxyl groups is 1. The van der Waals surface area contributed by atoms with E-state index in [1.807, 2.05) is 0 Å². The Morgan fingerprint density at radius 1 is 0.614 bits per heavy atom. The number of carbonyl (C=O) groups is 3. The number of aliphatic hydroxyl groups excluding tert-OH is 1. The van der Waals surface area contributed by atoms with Gasteiger partial charge in [-0.15, -0.1) is 0 Å². The van der Waals surface area contributed by atoms with Crippen LogP contribution in [0.15, 0.2) is 59.0 Å². The molecule has 240 valence electrons. The Kier molecular flexibility index (Phi) is 8.95. The van der Waals surface area contributed by atoms with Gasteiger partial charge in [0.1, 0.15) is 37.7 Å². The normalized spacial score (nSPS) is 18.4. The van der Waals surface area contributed by atoms with Gasteiger partial charge in [-0.1, -0.05) is 0 Å². The fourth-order valence-electron chi connectivity index (χ4n) is 4.25. The van der Waals surface area contributed by atoms with Crippen molar-refractivity contribution in [2.45, 2.75) is 24.7 Å². The van der Waals surface area contributed by atoms with Gasteiger partial charge in [0, 0.05) is 34.7 Å². The fraction of sp³-hybridized carbons (Fsp3) is 0.320. The Morgan fingerprint density at radius 3 is 1.50 bits per heavy atom. The molecule has 2 N–H and O–H groups in total. The lowest BCUT2D eigenvalue weighted by molar-refractivity contribution is -0.173. The number of nitrogens with zero attached hydrogens (tertiary/aromatic N) is 2. The summed E-state index contributed by atoms with van der Waals surface area (Å²) >= 11 is 0. The van der Waals surface area contributed by atoms with Gasteiger partial charge in [-0.05, 0) is 24.3 Å². The Labute approximate surface area is 237 Å². The van der Waals surface area contributed by atoms with Crippen LogP contribution in [0.3, 0.4) is 0 Å². The van der Waals surface area contributed by atoms with Crippen molar-refractivity contribution in [3.63, 3.8) is 0 Å². The zero-order valence-electron chi connectivity index (χ0n) is 21.3. The quantitative estimate of drug-likeness (QED) is 0.229. The van der Waals surface area contributed by atoms with Crippen molar-refractivity contribution in [2.24, 2.45) is 0 Å². The fourth-order valence-corrected chi connectivity index (χ4v) is 4.25. The zero-order chi connectivity index (χ0) is 33.6. The SMILES string of the molecule is O=C1C(=O)/C(=C2/C=CC(N(CC(F)(F)F)CC(F)(F)F)=CC2=O)C(O)=C1c1ccc(N(CC(F)(F)F)CC(F)(F)F)cc1O. The van der Waals surface area contributed by atoms with Gasteiger partial charge in [0.05, 0.1) is 11.1 Å². The summed E-state index contributed by atoms with van der Waals surface area (Å²) in [6.07, 6.45) is -19.1.